The molecule has 1 aromatic heterocycles. The van der Waals surface area contributed by atoms with E-state index >= 15 is 0 Å². The minimum Gasteiger partial charge on any atom is -0.493 e. The number of pyridine rings is 1. The molecule has 0 aliphatic carbocycles. The quantitative estimate of drug-likeness (QED) is 0.719. The van der Waals surface area contributed by atoms with E-state index in [4.69, 9.17) is 14.6 Å². The van der Waals surface area contributed by atoms with E-state index < -0.39 is 0 Å². The zero-order chi connectivity index (χ0) is 8.97. The zero-order valence-corrected chi connectivity index (χ0v) is 7.07. The van der Waals surface area contributed by atoms with Crippen LogP contribution >= 0.6 is 0 Å². The maximum atomic E-state index is 8.87. The van der Waals surface area contributed by atoms with Gasteiger partial charge in [-0.05, 0) is 0 Å². The molecule has 0 spiro atoms. The van der Waals surface area contributed by atoms with Crippen molar-refractivity contribution in [1.29, 1.82) is 0 Å². The Kier molecular flexibility index (Phi) is 2.88. The van der Waals surface area contributed by atoms with Gasteiger partial charge in [-0.1, -0.05) is 0 Å². The highest BCUT2D eigenvalue weighted by atomic mass is 16.5. The Hall–Kier alpha value is -1.29. The third-order valence-electron chi connectivity index (χ3n) is 1.52. The average molecular weight is 169 g/mol. The van der Waals surface area contributed by atoms with E-state index in [0.717, 1.165) is 0 Å². The maximum absolute atomic E-state index is 8.87. The predicted molar refractivity (Wildman–Crippen MR) is 43.3 cm³/mol. The first-order valence-corrected chi connectivity index (χ1v) is 3.50. The zero-order valence-electron chi connectivity index (χ0n) is 7.07. The SMILES string of the molecule is COc1ccnc(CO)c1OC. The molecule has 12 heavy (non-hydrogen) atoms. The molecular weight excluding hydrogens is 158 g/mol. The predicted octanol–water partition coefficient (Wildman–Crippen LogP) is 0.591. The van der Waals surface area contributed by atoms with Crippen molar-refractivity contribution in [3.63, 3.8) is 0 Å². The molecule has 0 saturated heterocycles. The van der Waals surface area contributed by atoms with E-state index in [-0.39, 0.29) is 6.61 Å². The van der Waals surface area contributed by atoms with Gasteiger partial charge in [0.2, 0.25) is 0 Å². The third-order valence-corrected chi connectivity index (χ3v) is 1.52. The van der Waals surface area contributed by atoms with Crippen molar-refractivity contribution < 1.29 is 14.6 Å². The van der Waals surface area contributed by atoms with Crippen LogP contribution in [-0.2, 0) is 6.61 Å². The lowest BCUT2D eigenvalue weighted by Gasteiger charge is -2.09. The van der Waals surface area contributed by atoms with Gasteiger partial charge in [0, 0.05) is 12.3 Å². The average Bonchev–Trinajstić information content (AvgIpc) is 2.16. The summed E-state index contributed by atoms with van der Waals surface area (Å²) in [5.41, 5.74) is 0.483. The van der Waals surface area contributed by atoms with Gasteiger partial charge < -0.3 is 14.6 Å². The Morgan fingerprint density at radius 3 is 2.67 bits per heavy atom. The Morgan fingerprint density at radius 1 is 1.42 bits per heavy atom. The molecule has 0 unspecified atom stereocenters. The largest absolute Gasteiger partial charge is 0.493 e. The summed E-state index contributed by atoms with van der Waals surface area (Å²) < 4.78 is 10.0. The Labute approximate surface area is 70.8 Å². The minimum absolute atomic E-state index is 0.152. The molecule has 0 aliphatic rings. The normalized spacial score (nSPS) is 9.58. The summed E-state index contributed by atoms with van der Waals surface area (Å²) in [5, 5.41) is 8.87. The van der Waals surface area contributed by atoms with Gasteiger partial charge in [-0.3, -0.25) is 4.98 Å². The number of aromatic nitrogens is 1. The molecule has 0 amide bonds. The number of nitrogens with zero attached hydrogens (tertiary/aromatic N) is 1. The second kappa shape index (κ2) is 3.92. The highest BCUT2D eigenvalue weighted by molar-refractivity contribution is 5.42. The van der Waals surface area contributed by atoms with Crippen molar-refractivity contribution in [1.82, 2.24) is 4.98 Å². The van der Waals surface area contributed by atoms with Crippen LogP contribution in [0, 0.1) is 0 Å². The lowest BCUT2D eigenvalue weighted by Crippen LogP contribution is -1.98. The molecule has 0 fully saturated rings. The second-order valence-electron chi connectivity index (χ2n) is 2.15. The first-order chi connectivity index (χ1) is 5.83. The lowest BCUT2D eigenvalue weighted by molar-refractivity contribution is 0.264. The summed E-state index contributed by atoms with van der Waals surface area (Å²) in [5.74, 6) is 1.07. The number of aliphatic hydroxyl groups is 1. The number of ether oxygens (including phenoxy) is 2. The van der Waals surface area contributed by atoms with Gasteiger partial charge >= 0.3 is 0 Å². The molecule has 4 nitrogen and oxygen atoms in total. The molecule has 1 heterocycles. The van der Waals surface area contributed by atoms with Crippen LogP contribution in [0.3, 0.4) is 0 Å². The molecule has 1 aromatic rings. The van der Waals surface area contributed by atoms with Crippen LogP contribution in [0.1, 0.15) is 5.69 Å². The first-order valence-electron chi connectivity index (χ1n) is 3.50. The van der Waals surface area contributed by atoms with Crippen LogP contribution in [0.5, 0.6) is 11.5 Å². The molecule has 66 valence electrons. The van der Waals surface area contributed by atoms with E-state index in [1.807, 2.05) is 0 Å². The summed E-state index contributed by atoms with van der Waals surface area (Å²) in [6, 6.07) is 1.68. The monoisotopic (exact) mass is 169 g/mol. The standard InChI is InChI=1S/C8H11NO3/c1-11-7-3-4-9-6(5-10)8(7)12-2/h3-4,10H,5H2,1-2H3. The van der Waals surface area contributed by atoms with E-state index in [9.17, 15) is 0 Å². The summed E-state index contributed by atoms with van der Waals surface area (Å²) in [4.78, 5) is 3.92. The molecule has 0 aliphatic heterocycles. The van der Waals surface area contributed by atoms with Gasteiger partial charge in [0.1, 0.15) is 5.69 Å². The Bertz CT molecular complexity index is 240. The fraction of sp³-hybridized carbons (Fsp3) is 0.375. The second-order valence-corrected chi connectivity index (χ2v) is 2.15. The first kappa shape index (κ1) is 8.80. The van der Waals surface area contributed by atoms with Crippen molar-refractivity contribution in [3.8, 4) is 11.5 Å². The molecule has 0 atom stereocenters. The fourth-order valence-electron chi connectivity index (χ4n) is 0.963. The maximum Gasteiger partial charge on any atom is 0.184 e. The smallest absolute Gasteiger partial charge is 0.184 e. The van der Waals surface area contributed by atoms with Gasteiger partial charge in [0.15, 0.2) is 11.5 Å². The topological polar surface area (TPSA) is 51.6 Å². The van der Waals surface area contributed by atoms with Crippen LogP contribution in [-0.4, -0.2) is 24.3 Å². The summed E-state index contributed by atoms with van der Waals surface area (Å²) in [6.07, 6.45) is 1.56. The van der Waals surface area contributed by atoms with Crippen molar-refractivity contribution in [2.24, 2.45) is 0 Å². The molecule has 0 saturated carbocycles. The molecule has 1 rings (SSSR count). The van der Waals surface area contributed by atoms with E-state index in [1.54, 1.807) is 19.4 Å². The Morgan fingerprint density at radius 2 is 2.17 bits per heavy atom. The molecule has 0 bridgehead atoms. The molecule has 0 radical (unpaired) electrons. The van der Waals surface area contributed by atoms with Crippen molar-refractivity contribution in [2.45, 2.75) is 6.61 Å². The van der Waals surface area contributed by atoms with Crippen molar-refractivity contribution in [3.05, 3.63) is 18.0 Å². The fourth-order valence-corrected chi connectivity index (χ4v) is 0.963. The summed E-state index contributed by atoms with van der Waals surface area (Å²) >= 11 is 0. The number of rotatable bonds is 3. The van der Waals surface area contributed by atoms with Gasteiger partial charge in [0.05, 0.1) is 20.8 Å². The van der Waals surface area contributed by atoms with Crippen LogP contribution in [0.25, 0.3) is 0 Å². The number of hydrogen-bond acceptors (Lipinski definition) is 4. The third kappa shape index (κ3) is 1.48. The highest BCUT2D eigenvalue weighted by Gasteiger charge is 2.08. The van der Waals surface area contributed by atoms with Crippen molar-refractivity contribution >= 4 is 0 Å². The highest BCUT2D eigenvalue weighted by Crippen LogP contribution is 2.28. The lowest BCUT2D eigenvalue weighted by atomic mass is 10.3. The number of methoxy groups -OCH3 is 2. The van der Waals surface area contributed by atoms with Gasteiger partial charge in [-0.25, -0.2) is 0 Å². The van der Waals surface area contributed by atoms with Gasteiger partial charge in [-0.15, -0.1) is 0 Å². The Balaban J connectivity index is 3.13. The minimum atomic E-state index is -0.152. The number of hydrogen-bond donors (Lipinski definition) is 1. The van der Waals surface area contributed by atoms with E-state index in [0.29, 0.717) is 17.2 Å². The van der Waals surface area contributed by atoms with Crippen LogP contribution < -0.4 is 9.47 Å². The van der Waals surface area contributed by atoms with Gasteiger partial charge in [-0.2, -0.15) is 0 Å². The molecule has 1 N–H and O–H groups in total. The number of aliphatic hydroxyl groups excluding tert-OH is 1. The van der Waals surface area contributed by atoms with Crippen molar-refractivity contribution in [2.75, 3.05) is 14.2 Å². The van der Waals surface area contributed by atoms with E-state index in [1.165, 1.54) is 7.11 Å². The van der Waals surface area contributed by atoms with Crippen LogP contribution in [0.4, 0.5) is 0 Å². The summed E-state index contributed by atoms with van der Waals surface area (Å²) in [7, 11) is 3.05. The molecule has 4 heteroatoms. The van der Waals surface area contributed by atoms with Crippen LogP contribution in [0.15, 0.2) is 12.3 Å². The molecule has 0 aromatic carbocycles. The van der Waals surface area contributed by atoms with Gasteiger partial charge in [0.25, 0.3) is 0 Å². The molecular formula is C8H11NO3. The van der Waals surface area contributed by atoms with E-state index in [2.05, 4.69) is 4.98 Å². The summed E-state index contributed by atoms with van der Waals surface area (Å²) in [6.45, 7) is -0.152. The van der Waals surface area contributed by atoms with Crippen LogP contribution in [0.2, 0.25) is 0 Å².